The monoisotopic (exact) mass is 236 g/mol. The fraction of sp³-hybridized carbons (Fsp3) is 0.750. The largest absolute Gasteiger partial charge is 0.460 e. The van der Waals surface area contributed by atoms with Crippen LogP contribution in [0.3, 0.4) is 0 Å². The summed E-state index contributed by atoms with van der Waals surface area (Å²) in [5, 5.41) is 0. The number of aldehydes is 1. The maximum Gasteiger partial charge on any atom is 0.307 e. The Kier molecular flexibility index (Phi) is 4.45. The number of carbonyl (C=O) groups is 2. The minimum atomic E-state index is -0.479. The average Bonchev–Trinajstić information content (AvgIpc) is 1.82. The number of rotatable bonds is 3. The molecule has 12 heavy (non-hydrogen) atoms. The number of hydrogen-bond acceptors (Lipinski definition) is 3. The maximum atomic E-state index is 11.0. The first-order valence-corrected chi connectivity index (χ1v) is 4.58. The topological polar surface area (TPSA) is 43.4 Å². The normalized spacial score (nSPS) is 13.7. The van der Waals surface area contributed by atoms with Gasteiger partial charge in [0.2, 0.25) is 0 Å². The van der Waals surface area contributed by atoms with E-state index in [4.69, 9.17) is 4.74 Å². The van der Waals surface area contributed by atoms with Gasteiger partial charge in [0, 0.05) is 0 Å². The van der Waals surface area contributed by atoms with E-state index in [1.165, 1.54) is 0 Å². The van der Waals surface area contributed by atoms with Gasteiger partial charge in [-0.3, -0.25) is 4.79 Å². The van der Waals surface area contributed by atoms with Crippen LogP contribution < -0.4 is 0 Å². The molecule has 0 aliphatic carbocycles. The Morgan fingerprint density at radius 1 is 1.58 bits per heavy atom. The average molecular weight is 237 g/mol. The number of hydrogen-bond donors (Lipinski definition) is 0. The lowest BCUT2D eigenvalue weighted by atomic mass is 10.2. The highest BCUT2D eigenvalue weighted by Gasteiger charge is 2.18. The van der Waals surface area contributed by atoms with Crippen LogP contribution in [-0.4, -0.2) is 22.7 Å². The Morgan fingerprint density at radius 2 is 2.08 bits per heavy atom. The summed E-state index contributed by atoms with van der Waals surface area (Å²) < 4.78 is 4.98. The number of carbonyl (C=O) groups excluding carboxylic acids is 2. The van der Waals surface area contributed by atoms with Crippen molar-refractivity contribution in [2.24, 2.45) is 0 Å². The Labute approximate surface area is 80.6 Å². The number of ether oxygens (including phenoxy) is 1. The first kappa shape index (κ1) is 11.6. The van der Waals surface area contributed by atoms with Crippen molar-refractivity contribution in [1.29, 1.82) is 0 Å². The zero-order chi connectivity index (χ0) is 9.78. The number of halogens is 1. The van der Waals surface area contributed by atoms with Crippen molar-refractivity contribution in [2.75, 3.05) is 0 Å². The van der Waals surface area contributed by atoms with Gasteiger partial charge >= 0.3 is 5.97 Å². The van der Waals surface area contributed by atoms with Gasteiger partial charge in [-0.05, 0) is 20.8 Å². The molecule has 0 aromatic rings. The highest BCUT2D eigenvalue weighted by molar-refractivity contribution is 9.10. The molecule has 0 N–H and O–H groups in total. The van der Waals surface area contributed by atoms with Gasteiger partial charge in [0.25, 0.3) is 0 Å². The zero-order valence-corrected chi connectivity index (χ0v) is 9.05. The highest BCUT2D eigenvalue weighted by Crippen LogP contribution is 2.11. The fourth-order valence-corrected chi connectivity index (χ4v) is 0.855. The van der Waals surface area contributed by atoms with Crippen molar-refractivity contribution in [1.82, 2.24) is 0 Å². The van der Waals surface area contributed by atoms with Crippen LogP contribution in [-0.2, 0) is 14.3 Å². The molecule has 1 unspecified atom stereocenters. The quantitative estimate of drug-likeness (QED) is 0.426. The van der Waals surface area contributed by atoms with E-state index >= 15 is 0 Å². The lowest BCUT2D eigenvalue weighted by Crippen LogP contribution is -2.25. The second-order valence-electron chi connectivity index (χ2n) is 3.44. The zero-order valence-electron chi connectivity index (χ0n) is 7.46. The van der Waals surface area contributed by atoms with Gasteiger partial charge in [-0.1, -0.05) is 15.9 Å². The van der Waals surface area contributed by atoms with Crippen LogP contribution >= 0.6 is 15.9 Å². The van der Waals surface area contributed by atoms with Crippen LogP contribution in [0.2, 0.25) is 0 Å². The van der Waals surface area contributed by atoms with Gasteiger partial charge in [-0.15, -0.1) is 0 Å². The SMILES string of the molecule is CC(C)(C)OC(=O)CC(Br)C=O. The van der Waals surface area contributed by atoms with Crippen LogP contribution in [0.1, 0.15) is 27.2 Å². The predicted molar refractivity (Wildman–Crippen MR) is 49.2 cm³/mol. The van der Waals surface area contributed by atoms with Gasteiger partial charge in [0.05, 0.1) is 11.2 Å². The molecule has 0 saturated heterocycles. The summed E-state index contributed by atoms with van der Waals surface area (Å²) in [6.45, 7) is 5.36. The lowest BCUT2D eigenvalue weighted by Gasteiger charge is -2.19. The first-order valence-electron chi connectivity index (χ1n) is 3.66. The maximum absolute atomic E-state index is 11.0. The van der Waals surface area contributed by atoms with Crippen molar-refractivity contribution in [3.05, 3.63) is 0 Å². The fourth-order valence-electron chi connectivity index (χ4n) is 0.591. The van der Waals surface area contributed by atoms with E-state index in [1.807, 2.05) is 0 Å². The Hall–Kier alpha value is -0.380. The lowest BCUT2D eigenvalue weighted by molar-refractivity contribution is -0.155. The van der Waals surface area contributed by atoms with Crippen molar-refractivity contribution < 1.29 is 14.3 Å². The van der Waals surface area contributed by atoms with Crippen molar-refractivity contribution in [3.63, 3.8) is 0 Å². The molecule has 0 aliphatic heterocycles. The molecule has 0 aromatic heterocycles. The molecule has 0 aliphatic rings. The molecule has 0 aromatic carbocycles. The summed E-state index contributed by atoms with van der Waals surface area (Å²) in [5.74, 6) is -0.364. The summed E-state index contributed by atoms with van der Waals surface area (Å²) in [5.41, 5.74) is -0.479. The van der Waals surface area contributed by atoms with E-state index in [2.05, 4.69) is 15.9 Å². The van der Waals surface area contributed by atoms with Crippen molar-refractivity contribution in [3.8, 4) is 0 Å². The van der Waals surface area contributed by atoms with E-state index in [0.29, 0.717) is 6.29 Å². The molecule has 0 saturated carbocycles. The minimum absolute atomic E-state index is 0.0841. The van der Waals surface area contributed by atoms with Gasteiger partial charge in [-0.25, -0.2) is 0 Å². The molecule has 0 bridgehead atoms. The van der Waals surface area contributed by atoms with Crippen molar-refractivity contribution >= 4 is 28.2 Å². The van der Waals surface area contributed by atoms with Gasteiger partial charge < -0.3 is 9.53 Å². The van der Waals surface area contributed by atoms with Gasteiger partial charge in [-0.2, -0.15) is 0 Å². The molecule has 3 nitrogen and oxygen atoms in total. The molecule has 0 rings (SSSR count). The van der Waals surface area contributed by atoms with Crippen LogP contribution in [0, 0.1) is 0 Å². The van der Waals surface area contributed by atoms with Crippen LogP contribution in [0.5, 0.6) is 0 Å². The third-order valence-electron chi connectivity index (χ3n) is 0.929. The summed E-state index contributed by atoms with van der Waals surface area (Å²) in [6.07, 6.45) is 0.755. The Morgan fingerprint density at radius 3 is 2.42 bits per heavy atom. The summed E-state index contributed by atoms with van der Waals surface area (Å²) >= 11 is 3.02. The molecule has 1 atom stereocenters. The van der Waals surface area contributed by atoms with Crippen LogP contribution in [0.4, 0.5) is 0 Å². The summed E-state index contributed by atoms with van der Waals surface area (Å²) in [7, 11) is 0. The molecular weight excluding hydrogens is 224 g/mol. The summed E-state index contributed by atoms with van der Waals surface area (Å²) in [4.78, 5) is 20.7. The molecule has 0 amide bonds. The minimum Gasteiger partial charge on any atom is -0.460 e. The van der Waals surface area contributed by atoms with Crippen LogP contribution in [0.15, 0.2) is 0 Å². The molecule has 0 heterocycles. The molecule has 0 spiro atoms. The number of esters is 1. The van der Waals surface area contributed by atoms with Crippen LogP contribution in [0.25, 0.3) is 0 Å². The molecule has 0 radical (unpaired) electrons. The first-order chi connectivity index (χ1) is 5.35. The van der Waals surface area contributed by atoms with E-state index in [1.54, 1.807) is 20.8 Å². The molecule has 70 valence electrons. The second kappa shape index (κ2) is 4.60. The smallest absolute Gasteiger partial charge is 0.307 e. The number of alkyl halides is 1. The predicted octanol–water partition coefficient (Wildman–Crippen LogP) is 1.68. The Bertz CT molecular complexity index is 172. The van der Waals surface area contributed by atoms with Crippen molar-refractivity contribution in [2.45, 2.75) is 37.6 Å². The van der Waals surface area contributed by atoms with E-state index in [-0.39, 0.29) is 12.4 Å². The third kappa shape index (κ3) is 6.34. The molecular formula is C8H13BrO3. The third-order valence-corrected chi connectivity index (χ3v) is 1.47. The highest BCUT2D eigenvalue weighted by atomic mass is 79.9. The molecule has 4 heteroatoms. The standard InChI is InChI=1S/C8H13BrO3/c1-8(2,3)12-7(11)4-6(9)5-10/h5-6H,4H2,1-3H3. The van der Waals surface area contributed by atoms with E-state index in [0.717, 1.165) is 0 Å². The van der Waals surface area contributed by atoms with E-state index < -0.39 is 10.4 Å². The van der Waals surface area contributed by atoms with Gasteiger partial charge in [0.1, 0.15) is 11.9 Å². The summed E-state index contributed by atoms with van der Waals surface area (Å²) in [6, 6.07) is 0. The second-order valence-corrected chi connectivity index (χ2v) is 4.62. The molecule has 0 fully saturated rings. The van der Waals surface area contributed by atoms with E-state index in [9.17, 15) is 9.59 Å². The van der Waals surface area contributed by atoms with Gasteiger partial charge in [0.15, 0.2) is 0 Å². The Balaban J connectivity index is 3.82.